The van der Waals surface area contributed by atoms with Crippen molar-refractivity contribution in [1.29, 1.82) is 0 Å². The van der Waals surface area contributed by atoms with Gasteiger partial charge in [-0.05, 0) is 33.0 Å². The first-order valence-electron chi connectivity index (χ1n) is 5.78. The molecule has 1 aromatic rings. The van der Waals surface area contributed by atoms with Crippen LogP contribution in [0.2, 0.25) is 0 Å². The van der Waals surface area contributed by atoms with Gasteiger partial charge in [-0.25, -0.2) is 0 Å². The van der Waals surface area contributed by atoms with E-state index in [2.05, 4.69) is 40.8 Å². The molecule has 0 aliphatic heterocycles. The quantitative estimate of drug-likeness (QED) is 0.799. The largest absolute Gasteiger partial charge is 0.493 e. The molecule has 0 radical (unpaired) electrons. The van der Waals surface area contributed by atoms with Crippen molar-refractivity contribution >= 4 is 15.9 Å². The molecule has 0 aliphatic carbocycles. The SMILES string of the molecule is C=C(C)CCOc1cc(Br)ccc1C(C)NC. The van der Waals surface area contributed by atoms with Crippen LogP contribution in [0.15, 0.2) is 34.8 Å². The minimum absolute atomic E-state index is 0.280. The molecule has 0 heterocycles. The van der Waals surface area contributed by atoms with E-state index < -0.39 is 0 Å². The van der Waals surface area contributed by atoms with Gasteiger partial charge in [0.2, 0.25) is 0 Å². The van der Waals surface area contributed by atoms with Gasteiger partial charge in [0, 0.05) is 22.5 Å². The van der Waals surface area contributed by atoms with Crippen molar-refractivity contribution in [1.82, 2.24) is 5.32 Å². The molecule has 0 bridgehead atoms. The molecular weight excluding hydrogens is 278 g/mol. The minimum Gasteiger partial charge on any atom is -0.493 e. The average molecular weight is 298 g/mol. The van der Waals surface area contributed by atoms with Gasteiger partial charge >= 0.3 is 0 Å². The summed E-state index contributed by atoms with van der Waals surface area (Å²) in [4.78, 5) is 0. The molecule has 0 aliphatic rings. The standard InChI is InChI=1S/C14H20BrNO/c1-10(2)7-8-17-14-9-12(15)5-6-13(14)11(3)16-4/h5-6,9,11,16H,1,7-8H2,2-4H3. The molecule has 1 atom stereocenters. The number of ether oxygens (including phenoxy) is 1. The summed E-state index contributed by atoms with van der Waals surface area (Å²) >= 11 is 3.47. The minimum atomic E-state index is 0.280. The van der Waals surface area contributed by atoms with Crippen LogP contribution in [0.4, 0.5) is 0 Å². The highest BCUT2D eigenvalue weighted by atomic mass is 79.9. The van der Waals surface area contributed by atoms with Crippen LogP contribution in [0.25, 0.3) is 0 Å². The smallest absolute Gasteiger partial charge is 0.125 e. The lowest BCUT2D eigenvalue weighted by molar-refractivity contribution is 0.315. The van der Waals surface area contributed by atoms with E-state index in [1.165, 1.54) is 5.56 Å². The molecule has 0 saturated carbocycles. The van der Waals surface area contributed by atoms with Crippen LogP contribution in [0, 0.1) is 0 Å². The Kier molecular flexibility index (Phi) is 5.72. The summed E-state index contributed by atoms with van der Waals surface area (Å²) in [5, 5.41) is 3.23. The number of halogens is 1. The van der Waals surface area contributed by atoms with Gasteiger partial charge in [-0.2, -0.15) is 0 Å². The van der Waals surface area contributed by atoms with Gasteiger partial charge < -0.3 is 10.1 Å². The number of hydrogen-bond donors (Lipinski definition) is 1. The Morgan fingerprint density at radius 2 is 2.24 bits per heavy atom. The maximum absolute atomic E-state index is 5.82. The fraction of sp³-hybridized carbons (Fsp3) is 0.429. The molecule has 0 fully saturated rings. The first kappa shape index (κ1) is 14.3. The van der Waals surface area contributed by atoms with Gasteiger partial charge in [0.05, 0.1) is 6.61 Å². The van der Waals surface area contributed by atoms with Crippen molar-refractivity contribution in [3.8, 4) is 5.75 Å². The normalized spacial score (nSPS) is 12.2. The number of hydrogen-bond acceptors (Lipinski definition) is 2. The summed E-state index contributed by atoms with van der Waals surface area (Å²) in [5.74, 6) is 0.933. The zero-order chi connectivity index (χ0) is 12.8. The van der Waals surface area contributed by atoms with E-state index in [-0.39, 0.29) is 6.04 Å². The van der Waals surface area contributed by atoms with Crippen LogP contribution in [-0.2, 0) is 0 Å². The highest BCUT2D eigenvalue weighted by Gasteiger charge is 2.10. The van der Waals surface area contributed by atoms with E-state index in [0.717, 1.165) is 22.2 Å². The Balaban J connectivity index is 2.80. The molecule has 0 aromatic heterocycles. The van der Waals surface area contributed by atoms with Gasteiger partial charge in [0.15, 0.2) is 0 Å². The van der Waals surface area contributed by atoms with Crippen LogP contribution in [-0.4, -0.2) is 13.7 Å². The van der Waals surface area contributed by atoms with Crippen molar-refractivity contribution in [2.75, 3.05) is 13.7 Å². The van der Waals surface area contributed by atoms with Crippen LogP contribution in [0.3, 0.4) is 0 Å². The lowest BCUT2D eigenvalue weighted by Crippen LogP contribution is -2.14. The van der Waals surface area contributed by atoms with E-state index in [9.17, 15) is 0 Å². The topological polar surface area (TPSA) is 21.3 Å². The molecule has 1 unspecified atom stereocenters. The summed E-state index contributed by atoms with van der Waals surface area (Å²) in [6, 6.07) is 6.42. The first-order valence-corrected chi connectivity index (χ1v) is 6.57. The molecular formula is C14H20BrNO. The van der Waals surface area contributed by atoms with E-state index in [1.807, 2.05) is 26.1 Å². The molecule has 0 spiro atoms. The zero-order valence-electron chi connectivity index (χ0n) is 10.7. The van der Waals surface area contributed by atoms with Gasteiger partial charge in [0.25, 0.3) is 0 Å². The third kappa shape index (κ3) is 4.52. The maximum atomic E-state index is 5.82. The molecule has 94 valence electrons. The predicted molar refractivity (Wildman–Crippen MR) is 76.5 cm³/mol. The summed E-state index contributed by atoms with van der Waals surface area (Å²) in [5.41, 5.74) is 2.32. The predicted octanol–water partition coefficient (Wildman–Crippen LogP) is 4.07. The fourth-order valence-corrected chi connectivity index (χ4v) is 1.82. The summed E-state index contributed by atoms with van der Waals surface area (Å²) < 4.78 is 6.86. The third-order valence-electron chi connectivity index (χ3n) is 2.66. The molecule has 0 amide bonds. The second-order valence-electron chi connectivity index (χ2n) is 4.25. The Bertz CT molecular complexity index is 390. The van der Waals surface area contributed by atoms with E-state index in [1.54, 1.807) is 0 Å². The summed E-state index contributed by atoms with van der Waals surface area (Å²) in [6.45, 7) is 8.69. The van der Waals surface area contributed by atoms with Gasteiger partial charge in [-0.3, -0.25) is 0 Å². The molecule has 1 N–H and O–H groups in total. The second kappa shape index (κ2) is 6.82. The number of nitrogens with one attached hydrogen (secondary N) is 1. The fourth-order valence-electron chi connectivity index (χ4n) is 1.48. The zero-order valence-corrected chi connectivity index (χ0v) is 12.3. The Morgan fingerprint density at radius 1 is 1.53 bits per heavy atom. The summed E-state index contributed by atoms with van der Waals surface area (Å²) in [7, 11) is 1.95. The van der Waals surface area contributed by atoms with Gasteiger partial charge in [-0.1, -0.05) is 27.6 Å². The van der Waals surface area contributed by atoms with Crippen LogP contribution < -0.4 is 10.1 Å². The molecule has 3 heteroatoms. The van der Waals surface area contributed by atoms with Crippen molar-refractivity contribution in [2.24, 2.45) is 0 Å². The number of rotatable bonds is 6. The van der Waals surface area contributed by atoms with Gasteiger partial charge in [-0.15, -0.1) is 6.58 Å². The van der Waals surface area contributed by atoms with E-state index in [0.29, 0.717) is 6.61 Å². The highest BCUT2D eigenvalue weighted by molar-refractivity contribution is 9.10. The third-order valence-corrected chi connectivity index (χ3v) is 3.15. The maximum Gasteiger partial charge on any atom is 0.125 e. The van der Waals surface area contributed by atoms with Crippen molar-refractivity contribution < 1.29 is 4.74 Å². The monoisotopic (exact) mass is 297 g/mol. The van der Waals surface area contributed by atoms with Crippen molar-refractivity contribution in [3.05, 3.63) is 40.4 Å². The molecule has 2 nitrogen and oxygen atoms in total. The molecule has 0 saturated heterocycles. The molecule has 1 rings (SSSR count). The van der Waals surface area contributed by atoms with Crippen LogP contribution in [0.5, 0.6) is 5.75 Å². The Labute approximate surface area is 112 Å². The van der Waals surface area contributed by atoms with Crippen molar-refractivity contribution in [2.45, 2.75) is 26.3 Å². The molecule has 1 aromatic carbocycles. The lowest BCUT2D eigenvalue weighted by atomic mass is 10.1. The van der Waals surface area contributed by atoms with Crippen LogP contribution >= 0.6 is 15.9 Å². The Hall–Kier alpha value is -0.800. The van der Waals surface area contributed by atoms with Crippen molar-refractivity contribution in [3.63, 3.8) is 0 Å². The first-order chi connectivity index (χ1) is 8.04. The van der Waals surface area contributed by atoms with Crippen LogP contribution in [0.1, 0.15) is 31.9 Å². The highest BCUT2D eigenvalue weighted by Crippen LogP contribution is 2.28. The summed E-state index contributed by atoms with van der Waals surface area (Å²) in [6.07, 6.45) is 0.889. The van der Waals surface area contributed by atoms with E-state index >= 15 is 0 Å². The Morgan fingerprint density at radius 3 is 2.82 bits per heavy atom. The average Bonchev–Trinajstić information content (AvgIpc) is 2.28. The lowest BCUT2D eigenvalue weighted by Gasteiger charge is -2.17. The number of benzene rings is 1. The second-order valence-corrected chi connectivity index (χ2v) is 5.16. The molecule has 17 heavy (non-hydrogen) atoms. The van der Waals surface area contributed by atoms with Gasteiger partial charge in [0.1, 0.15) is 5.75 Å². The van der Waals surface area contributed by atoms with E-state index in [4.69, 9.17) is 4.74 Å².